The zero-order chi connectivity index (χ0) is 24.1. The number of amides is 2. The summed E-state index contributed by atoms with van der Waals surface area (Å²) in [5, 5.41) is 0. The first-order valence-electron chi connectivity index (χ1n) is 11.3. The maximum Gasteiger partial charge on any atom is 0.266 e. The van der Waals surface area contributed by atoms with Crippen molar-refractivity contribution in [3.8, 4) is 0 Å². The van der Waals surface area contributed by atoms with Crippen molar-refractivity contribution in [1.82, 2.24) is 9.80 Å². The fourth-order valence-corrected chi connectivity index (χ4v) is 11.5. The quantitative estimate of drug-likeness (QED) is 0.577. The molecular weight excluding hydrogens is 490 g/mol. The topological polar surface area (TPSA) is 78.0 Å². The summed E-state index contributed by atoms with van der Waals surface area (Å²) in [6, 6.07) is 15.9. The number of anilines is 1. The monoisotopic (exact) mass is 515 g/mol. The number of piperazine rings is 1. The summed E-state index contributed by atoms with van der Waals surface area (Å²) in [6.07, 6.45) is 1.05. The molecule has 2 aromatic carbocycles. The molecule has 4 atom stereocenters. The number of carbonyl (C=O) groups excluding carboxylic acids is 2. The van der Waals surface area contributed by atoms with Gasteiger partial charge in [-0.1, -0.05) is 71.3 Å². The van der Waals surface area contributed by atoms with Crippen molar-refractivity contribution in [3.05, 3.63) is 60.2 Å². The van der Waals surface area contributed by atoms with Crippen LogP contribution in [0, 0.1) is 0 Å². The first-order chi connectivity index (χ1) is 16.1. The van der Waals surface area contributed by atoms with Gasteiger partial charge in [-0.2, -0.15) is 0 Å². The maximum absolute atomic E-state index is 14.2. The van der Waals surface area contributed by atoms with E-state index in [1.165, 1.54) is 25.9 Å². The Kier molecular flexibility index (Phi) is 4.56. The van der Waals surface area contributed by atoms with Crippen LogP contribution in [0.25, 0.3) is 0 Å². The van der Waals surface area contributed by atoms with Crippen LogP contribution in [0.15, 0.2) is 59.5 Å². The van der Waals surface area contributed by atoms with Gasteiger partial charge in [-0.15, -0.1) is 0 Å². The molecule has 4 saturated heterocycles. The highest BCUT2D eigenvalue weighted by molar-refractivity contribution is 8.78. The summed E-state index contributed by atoms with van der Waals surface area (Å²) in [7, 11) is 0.496. The lowest BCUT2D eigenvalue weighted by molar-refractivity contribution is -0.163. The second-order valence-electron chi connectivity index (χ2n) is 9.56. The zero-order valence-corrected chi connectivity index (χ0v) is 21.5. The largest absolute Gasteiger partial charge is 0.319 e. The van der Waals surface area contributed by atoms with Crippen LogP contribution in [0.4, 0.5) is 5.69 Å². The van der Waals surface area contributed by atoms with E-state index in [9.17, 15) is 18.0 Å². The molecule has 0 unspecified atom stereocenters. The van der Waals surface area contributed by atoms with Crippen molar-refractivity contribution in [2.24, 2.45) is 0 Å². The molecule has 7 rings (SSSR count). The Morgan fingerprint density at radius 1 is 1.00 bits per heavy atom. The zero-order valence-electron chi connectivity index (χ0n) is 19.1. The van der Waals surface area contributed by atoms with Crippen LogP contribution in [-0.2, 0) is 25.0 Å². The molecule has 2 aromatic rings. The number of hydrogen-bond acceptors (Lipinski definition) is 6. The first kappa shape index (κ1) is 22.3. The van der Waals surface area contributed by atoms with Gasteiger partial charge in [0, 0.05) is 18.9 Å². The van der Waals surface area contributed by atoms with Crippen molar-refractivity contribution in [3.63, 3.8) is 0 Å². The van der Waals surface area contributed by atoms with E-state index in [1.54, 1.807) is 54.1 Å². The van der Waals surface area contributed by atoms with Gasteiger partial charge in [-0.05, 0) is 37.1 Å². The van der Waals surface area contributed by atoms with Crippen LogP contribution in [0.1, 0.15) is 38.7 Å². The Balaban J connectivity index is 1.65. The molecule has 0 N–H and O–H groups in total. The van der Waals surface area contributed by atoms with Crippen LogP contribution in [0.3, 0.4) is 0 Å². The molecule has 0 aliphatic carbocycles. The van der Waals surface area contributed by atoms with E-state index in [4.69, 9.17) is 0 Å². The number of hydrogen-bond donors (Lipinski definition) is 0. The predicted molar refractivity (Wildman–Crippen MR) is 133 cm³/mol. The van der Waals surface area contributed by atoms with Gasteiger partial charge in [-0.25, -0.2) is 12.7 Å². The molecule has 0 aromatic heterocycles. The summed E-state index contributed by atoms with van der Waals surface area (Å²) in [5.41, 5.74) is 0.813. The third-order valence-electron chi connectivity index (χ3n) is 7.82. The van der Waals surface area contributed by atoms with Gasteiger partial charge in [0.1, 0.15) is 6.17 Å². The molecule has 7 nitrogen and oxygen atoms in total. The first-order valence-corrected chi connectivity index (χ1v) is 14.9. The van der Waals surface area contributed by atoms with Gasteiger partial charge in [0.25, 0.3) is 21.8 Å². The highest BCUT2D eigenvalue weighted by Crippen LogP contribution is 2.70. The third kappa shape index (κ3) is 2.39. The Morgan fingerprint density at radius 2 is 1.68 bits per heavy atom. The van der Waals surface area contributed by atoms with E-state index in [2.05, 4.69) is 6.92 Å². The highest BCUT2D eigenvalue weighted by atomic mass is 33.1. The van der Waals surface area contributed by atoms with Crippen molar-refractivity contribution in [2.75, 3.05) is 11.4 Å². The van der Waals surface area contributed by atoms with E-state index in [0.29, 0.717) is 18.5 Å². The summed E-state index contributed by atoms with van der Waals surface area (Å²) in [6.45, 7) is 3.82. The summed E-state index contributed by atoms with van der Waals surface area (Å²) in [5.74, 6) is -0.333. The van der Waals surface area contributed by atoms with Crippen LogP contribution in [0.2, 0.25) is 0 Å². The standard InChI is InChI=1S/C24H25N3O4S3/c1-4-14-23-15-24-21(29)25(3)22(2,32-33-24)20(28)26(24)19(23)27(18-13-9-8-12-17(18)23)34(30,31)16-10-6-5-7-11-16/h5-13,19H,4,14-15H2,1-3H3/t19-,22+,23+,24+/m0/s1. The van der Waals surface area contributed by atoms with Crippen molar-refractivity contribution in [1.29, 1.82) is 0 Å². The number of nitrogens with zero attached hydrogens (tertiary/aromatic N) is 3. The van der Waals surface area contributed by atoms with Crippen molar-refractivity contribution in [2.45, 2.75) is 59.3 Å². The lowest BCUT2D eigenvalue weighted by Gasteiger charge is -2.58. The molecule has 10 heteroatoms. The number of carbonyl (C=O) groups is 2. The van der Waals surface area contributed by atoms with E-state index in [-0.39, 0.29) is 16.7 Å². The van der Waals surface area contributed by atoms with Gasteiger partial charge in [0.2, 0.25) is 0 Å². The molecule has 5 aliphatic rings. The summed E-state index contributed by atoms with van der Waals surface area (Å²) < 4.78 is 29.8. The average Bonchev–Trinajstić information content (AvgIpc) is 3.27. The normalized spacial score (nSPS) is 33.9. The number of para-hydroxylation sites is 1. The molecule has 1 spiro atoms. The minimum absolute atomic E-state index is 0.127. The molecule has 5 heterocycles. The Hall–Kier alpha value is -2.17. The Bertz CT molecular complexity index is 1340. The molecule has 4 fully saturated rings. The minimum atomic E-state index is -4.01. The van der Waals surface area contributed by atoms with E-state index >= 15 is 0 Å². The lowest BCUT2D eigenvalue weighted by atomic mass is 9.74. The highest BCUT2D eigenvalue weighted by Gasteiger charge is 2.78. The maximum atomic E-state index is 14.2. The molecule has 0 radical (unpaired) electrons. The molecule has 5 aliphatic heterocycles. The number of fused-ring (bicyclic) bond motifs is 5. The van der Waals surface area contributed by atoms with Crippen molar-refractivity contribution >= 4 is 49.1 Å². The second kappa shape index (κ2) is 6.95. The molecule has 0 saturated carbocycles. The van der Waals surface area contributed by atoms with E-state index < -0.39 is 31.3 Å². The lowest BCUT2D eigenvalue weighted by Crippen LogP contribution is -2.76. The van der Waals surface area contributed by atoms with Crippen molar-refractivity contribution < 1.29 is 18.0 Å². The summed E-state index contributed by atoms with van der Waals surface area (Å²) >= 11 is 0. The third-order valence-corrected chi connectivity index (χ3v) is 13.3. The molecule has 2 amide bonds. The van der Waals surface area contributed by atoms with E-state index in [0.717, 1.165) is 12.0 Å². The number of likely N-dealkylation sites (N-methyl/N-ethyl adjacent to an activating group) is 1. The Morgan fingerprint density at radius 3 is 2.38 bits per heavy atom. The average molecular weight is 516 g/mol. The van der Waals surface area contributed by atoms with Gasteiger partial charge < -0.3 is 4.90 Å². The molecule has 2 bridgehead atoms. The van der Waals surface area contributed by atoms with Gasteiger partial charge in [0.05, 0.1) is 10.6 Å². The molecule has 178 valence electrons. The second-order valence-corrected chi connectivity index (χ2v) is 14.2. The van der Waals surface area contributed by atoms with Gasteiger partial charge >= 0.3 is 0 Å². The van der Waals surface area contributed by atoms with Crippen LogP contribution < -0.4 is 4.31 Å². The van der Waals surface area contributed by atoms with Crippen LogP contribution in [-0.4, -0.2) is 53.0 Å². The smallest absolute Gasteiger partial charge is 0.266 e. The van der Waals surface area contributed by atoms with Gasteiger partial charge in [-0.3, -0.25) is 14.5 Å². The van der Waals surface area contributed by atoms with Crippen LogP contribution >= 0.6 is 21.6 Å². The van der Waals surface area contributed by atoms with Gasteiger partial charge in [0.15, 0.2) is 9.74 Å². The van der Waals surface area contributed by atoms with E-state index in [1.807, 2.05) is 24.3 Å². The fourth-order valence-electron chi connectivity index (χ4n) is 6.22. The molecule has 34 heavy (non-hydrogen) atoms. The number of sulfonamides is 1. The Labute approximate surface area is 207 Å². The number of benzene rings is 2. The SMILES string of the molecule is CCC[C@]12C[C@]34SS[C@](C)(C(=O)N3[C@H]1N(S(=O)(=O)c1ccccc1)c1ccccc12)N(C)C4=O. The fraction of sp³-hybridized carbons (Fsp3) is 0.417. The molecular formula is C24H25N3O4S3. The minimum Gasteiger partial charge on any atom is -0.319 e. The predicted octanol–water partition coefficient (Wildman–Crippen LogP) is 3.77. The summed E-state index contributed by atoms with van der Waals surface area (Å²) in [4.78, 5) is 29.0. The number of rotatable bonds is 4. The van der Waals surface area contributed by atoms with Crippen LogP contribution in [0.5, 0.6) is 0 Å².